The van der Waals surface area contributed by atoms with E-state index in [1.54, 1.807) is 0 Å². The highest BCUT2D eigenvalue weighted by molar-refractivity contribution is 5.90. The van der Waals surface area contributed by atoms with Crippen LogP contribution in [0.25, 0.3) is 10.9 Å². The number of aromatic nitrogens is 1. The molecule has 1 aromatic carbocycles. The number of hydrogen-bond acceptors (Lipinski definition) is 2. The number of rotatable bonds is 0. The van der Waals surface area contributed by atoms with Crippen LogP contribution in [0.15, 0.2) is 18.2 Å². The predicted molar refractivity (Wildman–Crippen MR) is 63.0 cm³/mol. The van der Waals surface area contributed by atoms with Crippen LogP contribution in [-0.4, -0.2) is 11.1 Å². The monoisotopic (exact) mass is 211 g/mol. The fourth-order valence-electron chi connectivity index (χ4n) is 2.67. The maximum absolute atomic E-state index is 9.14. The molecule has 1 aromatic heterocycles. The van der Waals surface area contributed by atoms with Crippen molar-refractivity contribution in [1.29, 1.82) is 5.26 Å². The Bertz CT molecular complexity index is 602. The molecule has 0 aliphatic carbocycles. The molecule has 0 radical (unpaired) electrons. The molecule has 3 heteroatoms. The smallest absolute Gasteiger partial charge is 0.101 e. The van der Waals surface area contributed by atoms with Gasteiger partial charge in [-0.2, -0.15) is 5.26 Å². The number of hydrogen-bond donors (Lipinski definition) is 1. The SMILES string of the molecule is Cn1c2c(c3cccc(C#N)c31)CNCC2. The number of para-hydroxylation sites is 1. The molecule has 0 bridgehead atoms. The lowest BCUT2D eigenvalue weighted by atomic mass is 10.0. The second-order valence-electron chi connectivity index (χ2n) is 4.22. The Balaban J connectivity index is 2.45. The molecule has 0 amide bonds. The average Bonchev–Trinajstić information content (AvgIpc) is 2.64. The van der Waals surface area contributed by atoms with Gasteiger partial charge in [0.15, 0.2) is 0 Å². The molecule has 0 fully saturated rings. The lowest BCUT2D eigenvalue weighted by Crippen LogP contribution is -2.24. The van der Waals surface area contributed by atoms with E-state index >= 15 is 0 Å². The Hall–Kier alpha value is -1.79. The average molecular weight is 211 g/mol. The quantitative estimate of drug-likeness (QED) is 0.720. The predicted octanol–water partition coefficient (Wildman–Crippen LogP) is 1.70. The first-order chi connectivity index (χ1) is 7.83. The summed E-state index contributed by atoms with van der Waals surface area (Å²) in [6.07, 6.45) is 1.05. The number of nitrogens with zero attached hydrogens (tertiary/aromatic N) is 2. The van der Waals surface area contributed by atoms with E-state index in [1.807, 2.05) is 12.1 Å². The zero-order chi connectivity index (χ0) is 11.1. The molecule has 1 aliphatic rings. The molecule has 80 valence electrons. The van der Waals surface area contributed by atoms with Gasteiger partial charge in [0.25, 0.3) is 0 Å². The van der Waals surface area contributed by atoms with Crippen molar-refractivity contribution in [3.8, 4) is 6.07 Å². The fraction of sp³-hybridized carbons (Fsp3) is 0.308. The zero-order valence-corrected chi connectivity index (χ0v) is 9.25. The Morgan fingerprint density at radius 1 is 1.44 bits per heavy atom. The van der Waals surface area contributed by atoms with Crippen molar-refractivity contribution in [1.82, 2.24) is 9.88 Å². The Morgan fingerprint density at radius 3 is 3.12 bits per heavy atom. The van der Waals surface area contributed by atoms with E-state index in [0.29, 0.717) is 0 Å². The summed E-state index contributed by atoms with van der Waals surface area (Å²) in [5.41, 5.74) is 4.59. The summed E-state index contributed by atoms with van der Waals surface area (Å²) in [5.74, 6) is 0. The third-order valence-corrected chi connectivity index (χ3v) is 3.41. The van der Waals surface area contributed by atoms with E-state index in [-0.39, 0.29) is 0 Å². The fourth-order valence-corrected chi connectivity index (χ4v) is 2.67. The summed E-state index contributed by atoms with van der Waals surface area (Å²) in [4.78, 5) is 0. The van der Waals surface area contributed by atoms with Gasteiger partial charge in [0.2, 0.25) is 0 Å². The van der Waals surface area contributed by atoms with Crippen molar-refractivity contribution >= 4 is 10.9 Å². The van der Waals surface area contributed by atoms with E-state index in [2.05, 4.69) is 29.1 Å². The third kappa shape index (κ3) is 1.11. The van der Waals surface area contributed by atoms with Gasteiger partial charge < -0.3 is 9.88 Å². The van der Waals surface area contributed by atoms with Crippen molar-refractivity contribution in [3.63, 3.8) is 0 Å². The van der Waals surface area contributed by atoms with Gasteiger partial charge in [0.05, 0.1) is 11.1 Å². The normalized spacial score (nSPS) is 14.8. The summed E-state index contributed by atoms with van der Waals surface area (Å²) < 4.78 is 2.18. The lowest BCUT2D eigenvalue weighted by Gasteiger charge is -2.14. The molecule has 0 saturated heterocycles. The number of aryl methyl sites for hydroxylation is 1. The van der Waals surface area contributed by atoms with Gasteiger partial charge in [-0.3, -0.25) is 0 Å². The highest BCUT2D eigenvalue weighted by Crippen LogP contribution is 2.29. The minimum Gasteiger partial charge on any atom is -0.346 e. The topological polar surface area (TPSA) is 40.8 Å². The molecule has 2 heterocycles. The molecule has 2 aromatic rings. The summed E-state index contributed by atoms with van der Waals surface area (Å²) in [5, 5.41) is 13.8. The Morgan fingerprint density at radius 2 is 2.31 bits per heavy atom. The molecule has 16 heavy (non-hydrogen) atoms. The second-order valence-corrected chi connectivity index (χ2v) is 4.22. The first kappa shape index (κ1) is 9.44. The largest absolute Gasteiger partial charge is 0.346 e. The van der Waals surface area contributed by atoms with Crippen LogP contribution in [0.5, 0.6) is 0 Å². The molecule has 1 aliphatic heterocycles. The molecule has 0 unspecified atom stereocenters. The van der Waals surface area contributed by atoms with Gasteiger partial charge in [0, 0.05) is 37.6 Å². The van der Waals surface area contributed by atoms with Crippen molar-refractivity contribution in [3.05, 3.63) is 35.0 Å². The molecular weight excluding hydrogens is 198 g/mol. The zero-order valence-electron chi connectivity index (χ0n) is 9.25. The van der Waals surface area contributed by atoms with Crippen LogP contribution in [0, 0.1) is 11.3 Å². The lowest BCUT2D eigenvalue weighted by molar-refractivity contribution is 0.622. The first-order valence-electron chi connectivity index (χ1n) is 5.53. The summed E-state index contributed by atoms with van der Waals surface area (Å²) in [7, 11) is 2.06. The van der Waals surface area contributed by atoms with Gasteiger partial charge in [0.1, 0.15) is 6.07 Å². The summed E-state index contributed by atoms with van der Waals surface area (Å²) in [6.45, 7) is 1.95. The van der Waals surface area contributed by atoms with E-state index < -0.39 is 0 Å². The molecule has 3 rings (SSSR count). The maximum atomic E-state index is 9.14. The number of nitrogens with one attached hydrogen (secondary N) is 1. The number of benzene rings is 1. The van der Waals surface area contributed by atoms with E-state index in [9.17, 15) is 0 Å². The minimum absolute atomic E-state index is 0.773. The van der Waals surface area contributed by atoms with Crippen molar-refractivity contribution in [2.24, 2.45) is 7.05 Å². The van der Waals surface area contributed by atoms with Crippen molar-refractivity contribution in [2.75, 3.05) is 6.54 Å². The standard InChI is InChI=1S/C13H13N3/c1-16-12-5-6-15-8-11(12)10-4-2-3-9(7-14)13(10)16/h2-4,15H,5-6,8H2,1H3. The van der Waals surface area contributed by atoms with E-state index in [4.69, 9.17) is 5.26 Å². The first-order valence-corrected chi connectivity index (χ1v) is 5.53. The highest BCUT2D eigenvalue weighted by atomic mass is 15.0. The third-order valence-electron chi connectivity index (χ3n) is 3.41. The Kier molecular flexibility index (Phi) is 1.98. The van der Waals surface area contributed by atoms with Crippen LogP contribution in [0.3, 0.4) is 0 Å². The minimum atomic E-state index is 0.773. The molecule has 0 saturated carbocycles. The van der Waals surface area contributed by atoms with E-state index in [0.717, 1.165) is 30.6 Å². The molecule has 0 atom stereocenters. The Labute approximate surface area is 94.3 Å². The van der Waals surface area contributed by atoms with Crippen LogP contribution >= 0.6 is 0 Å². The van der Waals surface area contributed by atoms with Crippen LogP contribution in [-0.2, 0) is 20.0 Å². The van der Waals surface area contributed by atoms with Gasteiger partial charge in [-0.1, -0.05) is 12.1 Å². The highest BCUT2D eigenvalue weighted by Gasteiger charge is 2.19. The van der Waals surface area contributed by atoms with Gasteiger partial charge in [-0.15, -0.1) is 0 Å². The van der Waals surface area contributed by atoms with Crippen molar-refractivity contribution < 1.29 is 0 Å². The molecule has 0 spiro atoms. The summed E-state index contributed by atoms with van der Waals surface area (Å²) >= 11 is 0. The van der Waals surface area contributed by atoms with Crippen LogP contribution in [0.2, 0.25) is 0 Å². The number of fused-ring (bicyclic) bond motifs is 3. The van der Waals surface area contributed by atoms with Gasteiger partial charge in [-0.05, 0) is 11.6 Å². The van der Waals surface area contributed by atoms with Gasteiger partial charge in [-0.25, -0.2) is 0 Å². The number of nitriles is 1. The molecular formula is C13H13N3. The van der Waals surface area contributed by atoms with Crippen molar-refractivity contribution in [2.45, 2.75) is 13.0 Å². The van der Waals surface area contributed by atoms with Crippen LogP contribution in [0.1, 0.15) is 16.8 Å². The van der Waals surface area contributed by atoms with Gasteiger partial charge >= 0.3 is 0 Å². The van der Waals surface area contributed by atoms with Crippen LogP contribution in [0.4, 0.5) is 0 Å². The van der Waals surface area contributed by atoms with Crippen LogP contribution < -0.4 is 5.32 Å². The maximum Gasteiger partial charge on any atom is 0.101 e. The molecule has 3 nitrogen and oxygen atoms in total. The van der Waals surface area contributed by atoms with E-state index in [1.165, 1.54) is 16.6 Å². The molecule has 1 N–H and O–H groups in total. The summed E-state index contributed by atoms with van der Waals surface area (Å²) in [6, 6.07) is 8.25. The second kappa shape index (κ2) is 3.36.